The average molecular weight is 333 g/mol. The average Bonchev–Trinajstić information content (AvgIpc) is 2.58. The number of likely N-dealkylation sites (tertiary alicyclic amines) is 1. The second-order valence-corrected chi connectivity index (χ2v) is 6.00. The molecule has 0 bridgehead atoms. The largest absolute Gasteiger partial charge is 0.481 e. The highest BCUT2D eigenvalue weighted by molar-refractivity contribution is 5.94. The van der Waals surface area contributed by atoms with E-state index in [0.717, 1.165) is 24.8 Å². The van der Waals surface area contributed by atoms with Gasteiger partial charge in [-0.1, -0.05) is 12.1 Å². The third-order valence-corrected chi connectivity index (χ3v) is 4.25. The first-order valence-electron chi connectivity index (χ1n) is 8.12. The summed E-state index contributed by atoms with van der Waals surface area (Å²) in [6.45, 7) is 0.975. The number of carboxylic acids is 1. The van der Waals surface area contributed by atoms with E-state index in [2.05, 4.69) is 5.32 Å². The molecule has 2 rings (SSSR count). The number of hydrogen-bond acceptors (Lipinski definition) is 3. The van der Waals surface area contributed by atoms with Crippen molar-refractivity contribution >= 4 is 17.9 Å². The maximum atomic E-state index is 12.7. The molecule has 0 spiro atoms. The van der Waals surface area contributed by atoms with Gasteiger partial charge in [-0.2, -0.15) is 0 Å². The summed E-state index contributed by atoms with van der Waals surface area (Å²) in [4.78, 5) is 36.0. The Bertz CT molecular complexity index is 600. The molecule has 1 aliphatic rings. The van der Waals surface area contributed by atoms with Crippen LogP contribution in [0.1, 0.15) is 48.0 Å². The molecule has 1 heterocycles. The molecule has 0 aromatic heterocycles. The lowest BCUT2D eigenvalue weighted by Crippen LogP contribution is -2.44. The van der Waals surface area contributed by atoms with Crippen LogP contribution in [-0.4, -0.2) is 40.5 Å². The molecule has 1 saturated heterocycles. The first kappa shape index (κ1) is 17.8. The van der Waals surface area contributed by atoms with Crippen molar-refractivity contribution in [3.05, 3.63) is 35.4 Å². The van der Waals surface area contributed by atoms with Crippen molar-refractivity contribution in [2.45, 2.75) is 44.7 Å². The fourth-order valence-corrected chi connectivity index (χ4v) is 2.98. The van der Waals surface area contributed by atoms with Crippen LogP contribution in [0.5, 0.6) is 0 Å². The topological polar surface area (TPSA) is 113 Å². The van der Waals surface area contributed by atoms with Crippen molar-refractivity contribution in [2.75, 3.05) is 6.54 Å². The quantitative estimate of drug-likeness (QED) is 0.735. The van der Waals surface area contributed by atoms with Crippen LogP contribution in [0.4, 0.5) is 4.79 Å². The van der Waals surface area contributed by atoms with Crippen molar-refractivity contribution < 1.29 is 19.5 Å². The molecule has 1 aromatic carbocycles. The van der Waals surface area contributed by atoms with Crippen LogP contribution < -0.4 is 11.1 Å². The molecule has 1 fully saturated rings. The summed E-state index contributed by atoms with van der Waals surface area (Å²) in [6, 6.07) is 6.40. The number of primary amides is 1. The summed E-state index contributed by atoms with van der Waals surface area (Å²) in [5.74, 6) is -0.904. The summed E-state index contributed by atoms with van der Waals surface area (Å²) in [7, 11) is 0. The van der Waals surface area contributed by atoms with E-state index < -0.39 is 12.0 Å². The molecule has 1 aliphatic heterocycles. The van der Waals surface area contributed by atoms with Gasteiger partial charge in [-0.15, -0.1) is 0 Å². The van der Waals surface area contributed by atoms with Crippen LogP contribution >= 0.6 is 0 Å². The Morgan fingerprint density at radius 1 is 1.21 bits per heavy atom. The number of carboxylic acid groups (broad SMARTS) is 1. The SMILES string of the molecule is NC(=O)NCc1ccc(C(=O)N2CCCC[C@H]2CCC(=O)O)cc1. The fraction of sp³-hybridized carbons (Fsp3) is 0.471. The van der Waals surface area contributed by atoms with Crippen molar-refractivity contribution in [1.29, 1.82) is 0 Å². The fourth-order valence-electron chi connectivity index (χ4n) is 2.98. The number of benzene rings is 1. The number of hydrogen-bond donors (Lipinski definition) is 3. The molecule has 0 aliphatic carbocycles. The minimum atomic E-state index is -0.834. The van der Waals surface area contributed by atoms with Gasteiger partial charge in [0.15, 0.2) is 0 Å². The van der Waals surface area contributed by atoms with Crippen molar-refractivity contribution in [2.24, 2.45) is 5.73 Å². The Balaban J connectivity index is 2.02. The summed E-state index contributed by atoms with van der Waals surface area (Å²) < 4.78 is 0. The standard InChI is InChI=1S/C17H23N3O4/c18-17(24)19-11-12-4-6-13(7-5-12)16(23)20-10-2-1-3-14(20)8-9-15(21)22/h4-7,14H,1-3,8-11H2,(H,21,22)(H3,18,19,24)/t14-/m0/s1. The number of carbonyl (C=O) groups excluding carboxylic acids is 2. The van der Waals surface area contributed by atoms with Gasteiger partial charge in [-0.05, 0) is 43.4 Å². The number of nitrogens with zero attached hydrogens (tertiary/aromatic N) is 1. The summed E-state index contributed by atoms with van der Waals surface area (Å²) in [5, 5.41) is 11.4. The lowest BCUT2D eigenvalue weighted by Gasteiger charge is -2.35. The third-order valence-electron chi connectivity index (χ3n) is 4.25. The highest BCUT2D eigenvalue weighted by Gasteiger charge is 2.27. The van der Waals surface area contributed by atoms with Gasteiger partial charge in [0.2, 0.25) is 0 Å². The number of carbonyl (C=O) groups is 3. The predicted molar refractivity (Wildman–Crippen MR) is 88.4 cm³/mol. The number of urea groups is 1. The summed E-state index contributed by atoms with van der Waals surface area (Å²) in [5.41, 5.74) is 6.45. The molecule has 1 atom stereocenters. The number of aliphatic carboxylic acids is 1. The van der Waals surface area contributed by atoms with Crippen molar-refractivity contribution in [3.63, 3.8) is 0 Å². The minimum Gasteiger partial charge on any atom is -0.481 e. The van der Waals surface area contributed by atoms with Gasteiger partial charge < -0.3 is 21.1 Å². The number of rotatable bonds is 6. The van der Waals surface area contributed by atoms with E-state index in [9.17, 15) is 14.4 Å². The molecular formula is C17H23N3O4. The monoisotopic (exact) mass is 333 g/mol. The summed E-state index contributed by atoms with van der Waals surface area (Å²) in [6.07, 6.45) is 3.37. The van der Waals surface area contributed by atoms with Gasteiger partial charge in [0.05, 0.1) is 0 Å². The number of nitrogens with one attached hydrogen (secondary N) is 1. The molecule has 1 aromatic rings. The molecule has 7 nitrogen and oxygen atoms in total. The summed E-state index contributed by atoms with van der Waals surface area (Å²) >= 11 is 0. The Labute approximate surface area is 140 Å². The van der Waals surface area contributed by atoms with E-state index in [1.54, 1.807) is 29.2 Å². The molecule has 3 amide bonds. The normalized spacial score (nSPS) is 17.3. The zero-order valence-corrected chi connectivity index (χ0v) is 13.5. The van der Waals surface area contributed by atoms with Gasteiger partial charge >= 0.3 is 12.0 Å². The molecule has 24 heavy (non-hydrogen) atoms. The molecule has 0 saturated carbocycles. The van der Waals surface area contributed by atoms with Gasteiger partial charge in [-0.3, -0.25) is 9.59 Å². The van der Waals surface area contributed by atoms with E-state index in [4.69, 9.17) is 10.8 Å². The Kier molecular flexibility index (Phi) is 6.17. The van der Waals surface area contributed by atoms with Crippen LogP contribution in [0.3, 0.4) is 0 Å². The molecule has 0 radical (unpaired) electrons. The van der Waals surface area contributed by atoms with Gasteiger partial charge in [0, 0.05) is 31.1 Å². The van der Waals surface area contributed by atoms with Crippen LogP contribution in [0, 0.1) is 0 Å². The minimum absolute atomic E-state index is 0.0152. The number of nitrogens with two attached hydrogens (primary N) is 1. The maximum Gasteiger partial charge on any atom is 0.312 e. The van der Waals surface area contributed by atoms with Crippen LogP contribution in [0.25, 0.3) is 0 Å². The van der Waals surface area contributed by atoms with Gasteiger partial charge in [0.1, 0.15) is 0 Å². The van der Waals surface area contributed by atoms with Crippen LogP contribution in [0.15, 0.2) is 24.3 Å². The first-order chi connectivity index (χ1) is 11.5. The van der Waals surface area contributed by atoms with E-state index in [1.807, 2.05) is 0 Å². The van der Waals surface area contributed by atoms with Crippen molar-refractivity contribution in [1.82, 2.24) is 10.2 Å². The van der Waals surface area contributed by atoms with Crippen LogP contribution in [-0.2, 0) is 11.3 Å². The molecular weight excluding hydrogens is 310 g/mol. The molecule has 4 N–H and O–H groups in total. The Hall–Kier alpha value is -2.57. The number of piperidine rings is 1. The lowest BCUT2D eigenvalue weighted by atomic mass is 9.96. The second kappa shape index (κ2) is 8.33. The van der Waals surface area contributed by atoms with Crippen LogP contribution in [0.2, 0.25) is 0 Å². The van der Waals surface area contributed by atoms with E-state index in [0.29, 0.717) is 25.1 Å². The number of amides is 3. The smallest absolute Gasteiger partial charge is 0.312 e. The van der Waals surface area contributed by atoms with E-state index in [1.165, 1.54) is 0 Å². The lowest BCUT2D eigenvalue weighted by molar-refractivity contribution is -0.137. The van der Waals surface area contributed by atoms with Gasteiger partial charge in [0.25, 0.3) is 5.91 Å². The highest BCUT2D eigenvalue weighted by atomic mass is 16.4. The maximum absolute atomic E-state index is 12.7. The Morgan fingerprint density at radius 2 is 1.92 bits per heavy atom. The second-order valence-electron chi connectivity index (χ2n) is 6.00. The zero-order chi connectivity index (χ0) is 17.5. The zero-order valence-electron chi connectivity index (χ0n) is 13.5. The Morgan fingerprint density at radius 3 is 2.54 bits per heavy atom. The van der Waals surface area contributed by atoms with Gasteiger partial charge in [-0.25, -0.2) is 4.79 Å². The van der Waals surface area contributed by atoms with E-state index >= 15 is 0 Å². The first-order valence-corrected chi connectivity index (χ1v) is 8.12. The molecule has 7 heteroatoms. The molecule has 0 unspecified atom stereocenters. The third kappa shape index (κ3) is 4.97. The highest BCUT2D eigenvalue weighted by Crippen LogP contribution is 2.23. The van der Waals surface area contributed by atoms with Crippen molar-refractivity contribution in [3.8, 4) is 0 Å². The predicted octanol–water partition coefficient (Wildman–Crippen LogP) is 1.71. The molecule has 130 valence electrons. The van der Waals surface area contributed by atoms with E-state index in [-0.39, 0.29) is 18.4 Å².